The van der Waals surface area contributed by atoms with Crippen molar-refractivity contribution < 1.29 is 69.0 Å². The van der Waals surface area contributed by atoms with Gasteiger partial charge in [-0.15, -0.1) is 0 Å². The summed E-state index contributed by atoms with van der Waals surface area (Å²) in [6, 6.07) is 7.74. The molecule has 0 spiro atoms. The lowest BCUT2D eigenvalue weighted by Crippen LogP contribution is -2.64. The minimum Gasteiger partial charge on any atom is -0.507 e. The summed E-state index contributed by atoms with van der Waals surface area (Å²) in [6.45, 7) is 0.690. The topological polar surface area (TPSA) is 238 Å². The van der Waals surface area contributed by atoms with Gasteiger partial charge in [0.05, 0.1) is 19.8 Å². The maximum atomic E-state index is 12.9. The van der Waals surface area contributed by atoms with Gasteiger partial charge in [0.15, 0.2) is 29.3 Å². The van der Waals surface area contributed by atoms with Gasteiger partial charge in [-0.2, -0.15) is 0 Å². The molecule has 2 saturated heterocycles. The Morgan fingerprint density at radius 1 is 0.837 bits per heavy atom. The van der Waals surface area contributed by atoms with Crippen LogP contribution in [0, 0.1) is 0 Å². The van der Waals surface area contributed by atoms with Gasteiger partial charge in [0.2, 0.25) is 6.29 Å². The van der Waals surface area contributed by atoms with Crippen molar-refractivity contribution in [2.45, 2.75) is 68.3 Å². The normalized spacial score (nSPS) is 32.9. The third-order valence-electron chi connectivity index (χ3n) is 7.42. The van der Waals surface area contributed by atoms with Gasteiger partial charge in [-0.3, -0.25) is 4.79 Å². The first-order chi connectivity index (χ1) is 20.4. The van der Waals surface area contributed by atoms with Gasteiger partial charge in [0, 0.05) is 23.8 Å². The molecular weight excluding hydrogens is 576 g/mol. The van der Waals surface area contributed by atoms with E-state index in [4.69, 9.17) is 28.1 Å². The molecule has 2 aliphatic rings. The summed E-state index contributed by atoms with van der Waals surface area (Å²) >= 11 is 0. The molecule has 0 unspecified atom stereocenters. The summed E-state index contributed by atoms with van der Waals surface area (Å²) in [5.41, 5.74) is -0.340. The highest BCUT2D eigenvalue weighted by Gasteiger charge is 2.50. The highest BCUT2D eigenvalue weighted by atomic mass is 16.8. The van der Waals surface area contributed by atoms with Crippen molar-refractivity contribution >= 4 is 11.0 Å². The Hall–Kier alpha value is -3.51. The second-order valence-corrected chi connectivity index (χ2v) is 10.3. The SMILES string of the molecule is COc1cc(-c2cc(=O)c3c(O)cc(O[C@@H]4O[C@H](CO)[C@@H](O)[C@H](O)[C@@H]4O[C@@H]4O[C@@H](C)[C@H](O)[C@@H](O)[C@@H]4O)cc3o2)ccc1O. The maximum absolute atomic E-state index is 12.9. The van der Waals surface area contributed by atoms with Crippen molar-refractivity contribution in [1.29, 1.82) is 0 Å². The van der Waals surface area contributed by atoms with Crippen LogP contribution in [0.15, 0.2) is 45.6 Å². The summed E-state index contributed by atoms with van der Waals surface area (Å²) in [4.78, 5) is 12.9. The second-order valence-electron chi connectivity index (χ2n) is 10.3. The van der Waals surface area contributed by atoms with Crippen LogP contribution < -0.4 is 14.9 Å². The van der Waals surface area contributed by atoms with Crippen molar-refractivity contribution in [2.75, 3.05) is 13.7 Å². The molecule has 0 saturated carbocycles. The Morgan fingerprint density at radius 2 is 1.58 bits per heavy atom. The van der Waals surface area contributed by atoms with E-state index >= 15 is 0 Å². The fraction of sp³-hybridized carbons (Fsp3) is 0.464. The molecule has 2 fully saturated rings. The van der Waals surface area contributed by atoms with Crippen LogP contribution in [0.4, 0.5) is 0 Å². The monoisotopic (exact) mass is 608 g/mol. The average molecular weight is 609 g/mol. The molecule has 3 aromatic rings. The van der Waals surface area contributed by atoms with E-state index in [0.717, 1.165) is 12.1 Å². The van der Waals surface area contributed by atoms with E-state index in [1.54, 1.807) is 0 Å². The number of hydrogen-bond donors (Lipinski definition) is 8. The Balaban J connectivity index is 1.49. The molecule has 0 bridgehead atoms. The highest BCUT2D eigenvalue weighted by Crippen LogP contribution is 2.36. The summed E-state index contributed by atoms with van der Waals surface area (Å²) in [5.74, 6) is -0.614. The molecule has 5 rings (SSSR count). The van der Waals surface area contributed by atoms with E-state index in [1.165, 1.54) is 38.3 Å². The van der Waals surface area contributed by atoms with E-state index in [-0.39, 0.29) is 34.0 Å². The summed E-state index contributed by atoms with van der Waals surface area (Å²) < 4.78 is 33.6. The zero-order valence-electron chi connectivity index (χ0n) is 22.9. The molecule has 2 aliphatic heterocycles. The van der Waals surface area contributed by atoms with Crippen molar-refractivity contribution in [3.05, 3.63) is 46.6 Å². The Bertz CT molecular complexity index is 1510. The Morgan fingerprint density at radius 3 is 2.28 bits per heavy atom. The minimum atomic E-state index is -1.77. The second kappa shape index (κ2) is 12.2. The Kier molecular flexibility index (Phi) is 8.80. The number of aliphatic hydroxyl groups is 6. The first-order valence-electron chi connectivity index (χ1n) is 13.3. The van der Waals surface area contributed by atoms with Gasteiger partial charge in [0.1, 0.15) is 64.9 Å². The lowest BCUT2D eigenvalue weighted by Gasteiger charge is -2.45. The standard InChI is InChI=1S/C28H32O15/c1-10-21(33)23(35)25(37)27(39-10)43-26-24(36)22(34)19(9-29)42-28(26)40-12-6-14(31)20-15(32)8-16(41-18(20)7-12)11-3-4-13(30)17(5-11)38-2/h3-8,10,19,21-31,33-37H,9H2,1-2H3/t10-,19+,21-,22+,23+,24-,25-,26-,27-,28+/m0/s1. The van der Waals surface area contributed by atoms with Crippen molar-refractivity contribution in [1.82, 2.24) is 0 Å². The predicted octanol–water partition coefficient (Wildman–Crippen LogP) is -1.09. The number of methoxy groups -OCH3 is 1. The van der Waals surface area contributed by atoms with E-state index in [1.807, 2.05) is 0 Å². The van der Waals surface area contributed by atoms with Crippen LogP contribution in [0.2, 0.25) is 0 Å². The molecule has 0 radical (unpaired) electrons. The number of benzene rings is 2. The fourth-order valence-corrected chi connectivity index (χ4v) is 5.00. The Labute approximate surface area is 243 Å². The number of phenols is 2. The smallest absolute Gasteiger partial charge is 0.229 e. The van der Waals surface area contributed by atoms with Crippen LogP contribution >= 0.6 is 0 Å². The number of aromatic hydroxyl groups is 2. The molecule has 15 heteroatoms. The van der Waals surface area contributed by atoms with Crippen LogP contribution in [0.3, 0.4) is 0 Å². The first-order valence-corrected chi connectivity index (χ1v) is 13.3. The minimum absolute atomic E-state index is 0.0691. The van der Waals surface area contributed by atoms with Crippen molar-refractivity contribution in [2.24, 2.45) is 0 Å². The van der Waals surface area contributed by atoms with Gasteiger partial charge in [-0.05, 0) is 25.1 Å². The quantitative estimate of drug-likeness (QED) is 0.159. The van der Waals surface area contributed by atoms with Crippen molar-refractivity contribution in [3.8, 4) is 34.3 Å². The number of aliphatic hydroxyl groups excluding tert-OH is 6. The molecule has 0 aliphatic carbocycles. The third kappa shape index (κ3) is 5.86. The van der Waals surface area contributed by atoms with E-state index in [9.17, 15) is 45.6 Å². The molecule has 8 N–H and O–H groups in total. The number of hydrogen-bond acceptors (Lipinski definition) is 15. The molecule has 43 heavy (non-hydrogen) atoms. The summed E-state index contributed by atoms with van der Waals surface area (Å²) in [7, 11) is 1.35. The van der Waals surface area contributed by atoms with Crippen molar-refractivity contribution in [3.63, 3.8) is 0 Å². The van der Waals surface area contributed by atoms with Crippen LogP contribution in [0.5, 0.6) is 23.0 Å². The lowest BCUT2D eigenvalue weighted by atomic mass is 9.97. The largest absolute Gasteiger partial charge is 0.507 e. The van der Waals surface area contributed by atoms with Gasteiger partial charge in [0.25, 0.3) is 0 Å². The van der Waals surface area contributed by atoms with E-state index in [0.29, 0.717) is 5.56 Å². The lowest BCUT2D eigenvalue weighted by molar-refractivity contribution is -0.354. The maximum Gasteiger partial charge on any atom is 0.229 e. The third-order valence-corrected chi connectivity index (χ3v) is 7.42. The molecule has 1 aromatic heterocycles. The molecule has 15 nitrogen and oxygen atoms in total. The van der Waals surface area contributed by atoms with Gasteiger partial charge >= 0.3 is 0 Å². The number of rotatable bonds is 7. The average Bonchev–Trinajstić information content (AvgIpc) is 2.97. The molecule has 0 amide bonds. The van der Waals surface area contributed by atoms with Gasteiger partial charge in [-0.1, -0.05) is 0 Å². The first kappa shape index (κ1) is 30.9. The molecular formula is C28H32O15. The highest BCUT2D eigenvalue weighted by molar-refractivity contribution is 5.86. The van der Waals surface area contributed by atoms with Crippen LogP contribution in [-0.4, -0.2) is 116 Å². The molecule has 234 valence electrons. The zero-order chi connectivity index (χ0) is 31.2. The van der Waals surface area contributed by atoms with E-state index < -0.39 is 79.2 Å². The number of fused-ring (bicyclic) bond motifs is 1. The number of phenolic OH excluding ortho intramolecular Hbond substituents is 2. The number of ether oxygens (including phenoxy) is 5. The summed E-state index contributed by atoms with van der Waals surface area (Å²) in [5, 5.41) is 82.0. The predicted molar refractivity (Wildman–Crippen MR) is 143 cm³/mol. The van der Waals surface area contributed by atoms with Gasteiger partial charge in [-0.25, -0.2) is 0 Å². The molecule has 10 atom stereocenters. The molecule has 3 heterocycles. The van der Waals surface area contributed by atoms with Gasteiger partial charge < -0.3 is 69.0 Å². The van der Waals surface area contributed by atoms with Crippen LogP contribution in [0.25, 0.3) is 22.3 Å². The van der Waals surface area contributed by atoms with E-state index in [2.05, 4.69) is 0 Å². The fourth-order valence-electron chi connectivity index (χ4n) is 5.00. The molecule has 2 aromatic carbocycles. The zero-order valence-corrected chi connectivity index (χ0v) is 22.9. The van der Waals surface area contributed by atoms with Crippen LogP contribution in [0.1, 0.15) is 6.92 Å². The van der Waals surface area contributed by atoms with Crippen LogP contribution in [-0.2, 0) is 14.2 Å². The summed E-state index contributed by atoms with van der Waals surface area (Å²) in [6.07, 6.45) is -15.4.